The molecule has 1 aromatic heterocycles. The molecule has 1 aliphatic heterocycles. The van der Waals surface area contributed by atoms with Gasteiger partial charge in [-0.2, -0.15) is 5.10 Å². The lowest BCUT2D eigenvalue weighted by Crippen LogP contribution is -2.28. The number of carbonyl (C=O) groups is 1. The summed E-state index contributed by atoms with van der Waals surface area (Å²) in [5.41, 5.74) is 1.62. The number of furan rings is 1. The predicted molar refractivity (Wildman–Crippen MR) is 124 cm³/mol. The highest BCUT2D eigenvalue weighted by Crippen LogP contribution is 2.35. The van der Waals surface area contributed by atoms with E-state index in [2.05, 4.69) is 10.2 Å². The molecule has 7 heteroatoms. The number of amidine groups is 1. The summed E-state index contributed by atoms with van der Waals surface area (Å²) in [7, 11) is 0. The molecule has 154 valence electrons. The molecule has 0 aliphatic carbocycles. The normalized spacial score (nSPS) is 17.0. The van der Waals surface area contributed by atoms with Crippen LogP contribution in [0.3, 0.4) is 0 Å². The molecule has 0 unspecified atom stereocenters. The maximum Gasteiger partial charge on any atom is 0.267 e. The van der Waals surface area contributed by atoms with E-state index in [1.807, 2.05) is 36.4 Å². The average Bonchev–Trinajstić information content (AvgIpc) is 3.40. The minimum atomic E-state index is -0.224. The highest BCUT2D eigenvalue weighted by Gasteiger charge is 2.34. The summed E-state index contributed by atoms with van der Waals surface area (Å²) in [6, 6.07) is 20.3. The fraction of sp³-hybridized carbons (Fsp3) is 0.0417. The molecule has 1 fully saturated rings. The van der Waals surface area contributed by atoms with Crippen molar-refractivity contribution in [3.8, 4) is 5.75 Å². The van der Waals surface area contributed by atoms with Gasteiger partial charge in [0.15, 0.2) is 5.17 Å². The fourth-order valence-corrected chi connectivity index (χ4v) is 3.80. The van der Waals surface area contributed by atoms with E-state index < -0.39 is 0 Å². The van der Waals surface area contributed by atoms with Crippen LogP contribution in [0.5, 0.6) is 5.75 Å². The topological polar surface area (TPSA) is 78.4 Å². The number of phenolic OH excluding ortho intramolecular Hbond substituents is 1. The van der Waals surface area contributed by atoms with Crippen LogP contribution in [-0.4, -0.2) is 27.3 Å². The van der Waals surface area contributed by atoms with Gasteiger partial charge in [-0.3, -0.25) is 9.69 Å². The molecule has 1 N–H and O–H groups in total. The van der Waals surface area contributed by atoms with Gasteiger partial charge in [0.1, 0.15) is 11.5 Å². The summed E-state index contributed by atoms with van der Waals surface area (Å²) in [5.74, 6) is 0.521. The second-order valence-electron chi connectivity index (χ2n) is 6.56. The van der Waals surface area contributed by atoms with Gasteiger partial charge in [-0.15, -0.1) is 5.10 Å². The van der Waals surface area contributed by atoms with Crippen molar-refractivity contribution in [3.63, 3.8) is 0 Å². The van der Waals surface area contributed by atoms with Gasteiger partial charge in [0, 0.05) is 11.8 Å². The van der Waals surface area contributed by atoms with Gasteiger partial charge in [0.2, 0.25) is 0 Å². The summed E-state index contributed by atoms with van der Waals surface area (Å²) < 4.78 is 5.39. The number of amides is 1. The largest absolute Gasteiger partial charge is 0.507 e. The van der Waals surface area contributed by atoms with E-state index in [9.17, 15) is 9.90 Å². The van der Waals surface area contributed by atoms with Crippen molar-refractivity contribution in [1.82, 2.24) is 4.90 Å². The first-order valence-electron chi connectivity index (χ1n) is 9.55. The SMILES string of the molecule is O=C1/C(=C/c2ccccc2O)S\C(=N/N=C/C=C/c2ccccc2)N1Cc1ccco1. The maximum atomic E-state index is 13.0. The van der Waals surface area contributed by atoms with Crippen LogP contribution in [0.25, 0.3) is 12.2 Å². The zero-order valence-electron chi connectivity index (χ0n) is 16.5. The predicted octanol–water partition coefficient (Wildman–Crippen LogP) is 5.16. The summed E-state index contributed by atoms with van der Waals surface area (Å²) in [6.45, 7) is 0.241. The number of para-hydroxylation sites is 1. The Morgan fingerprint density at radius 3 is 2.61 bits per heavy atom. The molecule has 0 bridgehead atoms. The summed E-state index contributed by atoms with van der Waals surface area (Å²) in [5, 5.41) is 18.8. The summed E-state index contributed by atoms with van der Waals surface area (Å²) >= 11 is 1.20. The average molecular weight is 430 g/mol. The molecule has 2 aromatic carbocycles. The number of phenols is 1. The molecule has 4 rings (SSSR count). The first-order chi connectivity index (χ1) is 15.2. The van der Waals surface area contributed by atoms with Crippen molar-refractivity contribution in [1.29, 1.82) is 0 Å². The third-order valence-electron chi connectivity index (χ3n) is 4.39. The van der Waals surface area contributed by atoms with Gasteiger partial charge in [-0.05, 0) is 47.7 Å². The van der Waals surface area contributed by atoms with Crippen LogP contribution in [0.1, 0.15) is 16.9 Å². The summed E-state index contributed by atoms with van der Waals surface area (Å²) in [4.78, 5) is 15.0. The highest BCUT2D eigenvalue weighted by molar-refractivity contribution is 8.18. The Bertz CT molecular complexity index is 1170. The van der Waals surface area contributed by atoms with Crippen LogP contribution in [0.4, 0.5) is 0 Å². The number of nitrogens with zero attached hydrogens (tertiary/aromatic N) is 3. The molecule has 31 heavy (non-hydrogen) atoms. The van der Waals surface area contributed by atoms with Gasteiger partial charge < -0.3 is 9.52 Å². The number of allylic oxidation sites excluding steroid dienone is 1. The Kier molecular flexibility index (Phi) is 6.44. The zero-order valence-corrected chi connectivity index (χ0v) is 17.3. The Balaban J connectivity index is 1.56. The molecule has 0 atom stereocenters. The quantitative estimate of drug-likeness (QED) is 0.334. The zero-order chi connectivity index (χ0) is 21.5. The Morgan fingerprint density at radius 1 is 1.03 bits per heavy atom. The van der Waals surface area contributed by atoms with Crippen molar-refractivity contribution in [2.24, 2.45) is 10.2 Å². The molecule has 1 saturated heterocycles. The Labute approximate surface area is 183 Å². The Morgan fingerprint density at radius 2 is 1.84 bits per heavy atom. The van der Waals surface area contributed by atoms with Crippen LogP contribution < -0.4 is 0 Å². The molecule has 0 radical (unpaired) electrons. The lowest BCUT2D eigenvalue weighted by molar-refractivity contribution is -0.122. The minimum Gasteiger partial charge on any atom is -0.507 e. The Hall–Kier alpha value is -3.84. The second kappa shape index (κ2) is 9.77. The smallest absolute Gasteiger partial charge is 0.267 e. The van der Waals surface area contributed by atoms with Crippen LogP contribution in [0.2, 0.25) is 0 Å². The number of aromatic hydroxyl groups is 1. The molecule has 2 heterocycles. The van der Waals surface area contributed by atoms with Crippen LogP contribution in [0.15, 0.2) is 98.6 Å². The van der Waals surface area contributed by atoms with Crippen molar-refractivity contribution >= 4 is 41.2 Å². The number of thioether (sulfide) groups is 1. The summed E-state index contributed by atoms with van der Waals surface area (Å²) in [6.07, 6.45) is 8.49. The lowest BCUT2D eigenvalue weighted by atomic mass is 10.2. The molecule has 0 spiro atoms. The van der Waals surface area contributed by atoms with E-state index in [4.69, 9.17) is 4.42 Å². The fourth-order valence-electron chi connectivity index (χ4n) is 2.87. The molecular formula is C24H19N3O3S. The number of carbonyl (C=O) groups excluding carboxylic acids is 1. The van der Waals surface area contributed by atoms with Crippen molar-refractivity contribution in [3.05, 3.63) is 101 Å². The lowest BCUT2D eigenvalue weighted by Gasteiger charge is -2.12. The van der Waals surface area contributed by atoms with Gasteiger partial charge >= 0.3 is 0 Å². The maximum absolute atomic E-state index is 13.0. The van der Waals surface area contributed by atoms with Gasteiger partial charge in [0.05, 0.1) is 17.7 Å². The van der Waals surface area contributed by atoms with Crippen LogP contribution in [-0.2, 0) is 11.3 Å². The molecule has 1 amide bonds. The number of rotatable bonds is 6. The van der Waals surface area contributed by atoms with Gasteiger partial charge in [0.25, 0.3) is 5.91 Å². The number of hydrogen-bond acceptors (Lipinski definition) is 6. The molecule has 0 saturated carbocycles. The van der Waals surface area contributed by atoms with E-state index in [1.54, 1.807) is 61.0 Å². The van der Waals surface area contributed by atoms with Gasteiger partial charge in [-0.1, -0.05) is 54.6 Å². The van der Waals surface area contributed by atoms with E-state index in [0.29, 0.717) is 21.4 Å². The third kappa shape index (κ3) is 5.21. The van der Waals surface area contributed by atoms with Crippen molar-refractivity contribution in [2.45, 2.75) is 6.54 Å². The van der Waals surface area contributed by atoms with Crippen LogP contribution >= 0.6 is 11.8 Å². The first-order valence-corrected chi connectivity index (χ1v) is 10.4. The van der Waals surface area contributed by atoms with Crippen molar-refractivity contribution < 1.29 is 14.3 Å². The van der Waals surface area contributed by atoms with E-state index in [-0.39, 0.29) is 18.2 Å². The third-order valence-corrected chi connectivity index (χ3v) is 5.39. The minimum absolute atomic E-state index is 0.107. The van der Waals surface area contributed by atoms with Crippen molar-refractivity contribution in [2.75, 3.05) is 0 Å². The molecule has 3 aromatic rings. The highest BCUT2D eigenvalue weighted by atomic mass is 32.2. The molecular weight excluding hydrogens is 410 g/mol. The van der Waals surface area contributed by atoms with Gasteiger partial charge in [-0.25, -0.2) is 0 Å². The van der Waals surface area contributed by atoms with E-state index in [1.165, 1.54) is 16.7 Å². The number of hydrogen-bond donors (Lipinski definition) is 1. The monoisotopic (exact) mass is 429 g/mol. The molecule has 1 aliphatic rings. The van der Waals surface area contributed by atoms with E-state index in [0.717, 1.165) is 5.56 Å². The molecule has 6 nitrogen and oxygen atoms in total. The van der Waals surface area contributed by atoms with Crippen LogP contribution in [0, 0.1) is 0 Å². The number of benzene rings is 2. The first kappa shape index (κ1) is 20.4. The standard InChI is InChI=1S/C24H19N3O3S/c28-21-13-5-4-11-19(21)16-22-23(29)27(17-20-12-7-15-30-20)24(31-22)26-25-14-6-10-18-8-2-1-3-9-18/h1-16,28H,17H2/b10-6+,22-16-,25-14+,26-24-. The van der Waals surface area contributed by atoms with E-state index >= 15 is 0 Å². The second-order valence-corrected chi connectivity index (χ2v) is 7.57.